The average molecular weight is 231 g/mol. The van der Waals surface area contributed by atoms with E-state index in [2.05, 4.69) is 11.9 Å². The van der Waals surface area contributed by atoms with Crippen LogP contribution in [0.4, 0.5) is 0 Å². The van der Waals surface area contributed by atoms with Crippen LogP contribution in [0.25, 0.3) is 10.9 Å². The molecule has 0 amide bonds. The van der Waals surface area contributed by atoms with Crippen LogP contribution in [0.15, 0.2) is 18.2 Å². The van der Waals surface area contributed by atoms with E-state index in [1.807, 2.05) is 39.0 Å². The second-order valence-electron chi connectivity index (χ2n) is 4.59. The molecule has 1 aromatic heterocycles. The third-order valence-corrected chi connectivity index (χ3v) is 2.89. The molecular formula is C14H17NO2. The molecule has 1 N–H and O–H groups in total. The number of nitrogens with one attached hydrogen (secondary N) is 1. The van der Waals surface area contributed by atoms with Crippen LogP contribution in [0.5, 0.6) is 0 Å². The summed E-state index contributed by atoms with van der Waals surface area (Å²) >= 11 is 0. The summed E-state index contributed by atoms with van der Waals surface area (Å²) in [7, 11) is 0. The van der Waals surface area contributed by atoms with Crippen molar-refractivity contribution in [2.45, 2.75) is 33.8 Å². The summed E-state index contributed by atoms with van der Waals surface area (Å²) < 4.78 is 5.17. The monoisotopic (exact) mass is 231 g/mol. The molecule has 0 bridgehead atoms. The lowest BCUT2D eigenvalue weighted by molar-refractivity contribution is 0.0378. The van der Waals surface area contributed by atoms with Gasteiger partial charge in [0, 0.05) is 16.6 Å². The maximum absolute atomic E-state index is 11.8. The summed E-state index contributed by atoms with van der Waals surface area (Å²) in [6.45, 7) is 7.79. The minimum absolute atomic E-state index is 0.0923. The number of aromatic amines is 1. The van der Waals surface area contributed by atoms with E-state index in [0.717, 1.165) is 16.6 Å². The van der Waals surface area contributed by atoms with E-state index in [0.29, 0.717) is 5.56 Å². The SMILES string of the molecule is Cc1[nH]c2cc(C(=O)OC(C)C)ccc2c1C. The lowest BCUT2D eigenvalue weighted by Gasteiger charge is -2.07. The molecular weight excluding hydrogens is 214 g/mol. The number of benzene rings is 1. The Balaban J connectivity index is 2.41. The van der Waals surface area contributed by atoms with Gasteiger partial charge in [-0.3, -0.25) is 0 Å². The first-order valence-corrected chi connectivity index (χ1v) is 5.79. The van der Waals surface area contributed by atoms with Gasteiger partial charge in [-0.2, -0.15) is 0 Å². The summed E-state index contributed by atoms with van der Waals surface area (Å²) in [5.41, 5.74) is 3.93. The van der Waals surface area contributed by atoms with Gasteiger partial charge in [0.1, 0.15) is 0 Å². The molecule has 0 fully saturated rings. The first-order chi connectivity index (χ1) is 7.99. The molecule has 90 valence electrons. The highest BCUT2D eigenvalue weighted by Gasteiger charge is 2.11. The van der Waals surface area contributed by atoms with E-state index in [9.17, 15) is 4.79 Å². The van der Waals surface area contributed by atoms with E-state index < -0.39 is 0 Å². The Bertz CT molecular complexity index is 567. The molecule has 0 aliphatic heterocycles. The van der Waals surface area contributed by atoms with E-state index in [-0.39, 0.29) is 12.1 Å². The zero-order valence-electron chi connectivity index (χ0n) is 10.6. The van der Waals surface area contributed by atoms with E-state index in [1.165, 1.54) is 5.56 Å². The minimum atomic E-state index is -0.271. The summed E-state index contributed by atoms with van der Waals surface area (Å²) in [6.07, 6.45) is -0.0923. The molecule has 0 aliphatic carbocycles. The van der Waals surface area contributed by atoms with Gasteiger partial charge in [-0.15, -0.1) is 0 Å². The van der Waals surface area contributed by atoms with Gasteiger partial charge in [0.25, 0.3) is 0 Å². The van der Waals surface area contributed by atoms with Crippen LogP contribution in [-0.4, -0.2) is 17.1 Å². The second kappa shape index (κ2) is 4.24. The lowest BCUT2D eigenvalue weighted by atomic mass is 10.1. The van der Waals surface area contributed by atoms with Crippen molar-refractivity contribution >= 4 is 16.9 Å². The molecule has 0 saturated carbocycles. The van der Waals surface area contributed by atoms with Gasteiger partial charge in [0.2, 0.25) is 0 Å². The van der Waals surface area contributed by atoms with E-state index in [4.69, 9.17) is 4.74 Å². The maximum Gasteiger partial charge on any atom is 0.338 e. The standard InChI is InChI=1S/C14H17NO2/c1-8(2)17-14(16)11-5-6-12-9(3)10(4)15-13(12)7-11/h5-8,15H,1-4H3. The van der Waals surface area contributed by atoms with Gasteiger partial charge >= 0.3 is 5.97 Å². The number of H-pyrrole nitrogens is 1. The molecule has 17 heavy (non-hydrogen) atoms. The average Bonchev–Trinajstić information content (AvgIpc) is 2.53. The van der Waals surface area contributed by atoms with Crippen LogP contribution in [-0.2, 0) is 4.74 Å². The van der Waals surface area contributed by atoms with Crippen LogP contribution in [0.2, 0.25) is 0 Å². The molecule has 0 unspecified atom stereocenters. The summed E-state index contributed by atoms with van der Waals surface area (Å²) in [5.74, 6) is -0.271. The number of rotatable bonds is 2. The number of fused-ring (bicyclic) bond motifs is 1. The summed E-state index contributed by atoms with van der Waals surface area (Å²) in [6, 6.07) is 5.62. The Morgan fingerprint density at radius 1 is 1.29 bits per heavy atom. The molecule has 3 nitrogen and oxygen atoms in total. The first kappa shape index (κ1) is 11.7. The Morgan fingerprint density at radius 3 is 2.65 bits per heavy atom. The van der Waals surface area contributed by atoms with Gasteiger partial charge < -0.3 is 9.72 Å². The van der Waals surface area contributed by atoms with Crippen molar-refractivity contribution in [2.24, 2.45) is 0 Å². The van der Waals surface area contributed by atoms with Crippen LogP contribution >= 0.6 is 0 Å². The number of aromatic nitrogens is 1. The Labute approximate surface area is 101 Å². The first-order valence-electron chi connectivity index (χ1n) is 5.79. The van der Waals surface area contributed by atoms with Crippen molar-refractivity contribution in [3.05, 3.63) is 35.0 Å². The molecule has 0 spiro atoms. The highest BCUT2D eigenvalue weighted by atomic mass is 16.5. The number of carbonyl (C=O) groups is 1. The van der Waals surface area contributed by atoms with Gasteiger partial charge in [0.05, 0.1) is 11.7 Å². The van der Waals surface area contributed by atoms with Crippen LogP contribution in [0.1, 0.15) is 35.5 Å². The van der Waals surface area contributed by atoms with E-state index in [1.54, 1.807) is 0 Å². The zero-order valence-corrected chi connectivity index (χ0v) is 10.6. The molecule has 0 atom stereocenters. The molecule has 2 aromatic rings. The molecule has 1 heterocycles. The Hall–Kier alpha value is -1.77. The van der Waals surface area contributed by atoms with Gasteiger partial charge in [-0.1, -0.05) is 6.07 Å². The fourth-order valence-corrected chi connectivity index (χ4v) is 1.88. The number of esters is 1. The van der Waals surface area contributed by atoms with Crippen LogP contribution in [0, 0.1) is 13.8 Å². The molecule has 3 heteroatoms. The topological polar surface area (TPSA) is 42.1 Å². The molecule has 2 rings (SSSR count). The van der Waals surface area contributed by atoms with E-state index >= 15 is 0 Å². The number of ether oxygens (including phenoxy) is 1. The van der Waals surface area contributed by atoms with Gasteiger partial charge in [0.15, 0.2) is 0 Å². The second-order valence-corrected chi connectivity index (χ2v) is 4.59. The normalized spacial score (nSPS) is 11.1. The molecule has 0 aliphatic rings. The number of carbonyl (C=O) groups excluding carboxylic acids is 1. The number of hydrogen-bond acceptors (Lipinski definition) is 2. The van der Waals surface area contributed by atoms with Crippen LogP contribution < -0.4 is 0 Å². The molecule has 1 aromatic carbocycles. The third-order valence-electron chi connectivity index (χ3n) is 2.89. The predicted molar refractivity (Wildman–Crippen MR) is 68.3 cm³/mol. The minimum Gasteiger partial charge on any atom is -0.459 e. The highest BCUT2D eigenvalue weighted by Crippen LogP contribution is 2.22. The number of hydrogen-bond donors (Lipinski definition) is 1. The van der Waals surface area contributed by atoms with Crippen molar-refractivity contribution in [1.82, 2.24) is 4.98 Å². The smallest absolute Gasteiger partial charge is 0.338 e. The van der Waals surface area contributed by atoms with Crippen LogP contribution in [0.3, 0.4) is 0 Å². The fraction of sp³-hybridized carbons (Fsp3) is 0.357. The predicted octanol–water partition coefficient (Wildman–Crippen LogP) is 3.35. The van der Waals surface area contributed by atoms with Crippen molar-refractivity contribution in [3.8, 4) is 0 Å². The third kappa shape index (κ3) is 2.18. The Morgan fingerprint density at radius 2 is 2.00 bits per heavy atom. The zero-order chi connectivity index (χ0) is 12.6. The van der Waals surface area contributed by atoms with Gasteiger partial charge in [-0.25, -0.2) is 4.79 Å². The summed E-state index contributed by atoms with van der Waals surface area (Å²) in [5, 5.41) is 1.16. The summed E-state index contributed by atoms with van der Waals surface area (Å²) in [4.78, 5) is 15.0. The fourth-order valence-electron chi connectivity index (χ4n) is 1.88. The molecule has 0 radical (unpaired) electrons. The lowest BCUT2D eigenvalue weighted by Crippen LogP contribution is -2.11. The van der Waals surface area contributed by atoms with Gasteiger partial charge in [-0.05, 0) is 45.4 Å². The number of aryl methyl sites for hydroxylation is 2. The largest absolute Gasteiger partial charge is 0.459 e. The van der Waals surface area contributed by atoms with Crippen molar-refractivity contribution in [2.75, 3.05) is 0 Å². The maximum atomic E-state index is 11.8. The quantitative estimate of drug-likeness (QED) is 0.805. The highest BCUT2D eigenvalue weighted by molar-refractivity contribution is 5.95. The van der Waals surface area contributed by atoms with Crippen molar-refractivity contribution < 1.29 is 9.53 Å². The Kier molecular flexibility index (Phi) is 2.92. The van der Waals surface area contributed by atoms with Crippen molar-refractivity contribution in [1.29, 1.82) is 0 Å². The van der Waals surface area contributed by atoms with Crippen molar-refractivity contribution in [3.63, 3.8) is 0 Å². The molecule has 0 saturated heterocycles.